The average Bonchev–Trinajstić information content (AvgIpc) is 2.45. The van der Waals surface area contributed by atoms with Gasteiger partial charge >= 0.3 is 6.18 Å². The van der Waals surface area contributed by atoms with E-state index in [1.807, 2.05) is 13.0 Å². The number of anilines is 1. The summed E-state index contributed by atoms with van der Waals surface area (Å²) < 4.78 is 38.9. The van der Waals surface area contributed by atoms with Crippen LogP contribution in [0.25, 0.3) is 0 Å². The number of nitrogens with zero attached hydrogens (tertiary/aromatic N) is 2. The average molecular weight is 291 g/mol. The predicted molar refractivity (Wildman–Crippen MR) is 72.5 cm³/mol. The number of pyridine rings is 1. The van der Waals surface area contributed by atoms with Gasteiger partial charge in [0.25, 0.3) is 0 Å². The predicted octanol–water partition coefficient (Wildman–Crippen LogP) is 3.89. The van der Waals surface area contributed by atoms with Crippen molar-refractivity contribution in [2.45, 2.75) is 19.6 Å². The fourth-order valence-corrected chi connectivity index (χ4v) is 1.79. The summed E-state index contributed by atoms with van der Waals surface area (Å²) in [4.78, 5) is 4.12. The number of rotatable bonds is 3. The Morgan fingerprint density at radius 2 is 2.00 bits per heavy atom. The normalized spacial score (nSPS) is 11.0. The lowest BCUT2D eigenvalue weighted by atomic mass is 10.1. The molecule has 0 saturated heterocycles. The molecule has 0 aliphatic rings. The van der Waals surface area contributed by atoms with Crippen molar-refractivity contribution in [3.63, 3.8) is 0 Å². The maximum Gasteiger partial charge on any atom is 0.418 e. The highest BCUT2D eigenvalue weighted by molar-refractivity contribution is 5.56. The van der Waals surface area contributed by atoms with Crippen molar-refractivity contribution in [3.8, 4) is 6.07 Å². The van der Waals surface area contributed by atoms with Crippen LogP contribution in [0.2, 0.25) is 0 Å². The Morgan fingerprint density at radius 1 is 1.24 bits per heavy atom. The molecule has 3 nitrogen and oxygen atoms in total. The number of halogens is 3. The van der Waals surface area contributed by atoms with E-state index < -0.39 is 11.7 Å². The zero-order chi connectivity index (χ0) is 15.5. The second-order valence-electron chi connectivity index (χ2n) is 4.55. The minimum absolute atomic E-state index is 0.0265. The van der Waals surface area contributed by atoms with Gasteiger partial charge in [-0.3, -0.25) is 4.98 Å². The number of aromatic nitrogens is 1. The molecule has 0 saturated carbocycles. The van der Waals surface area contributed by atoms with Gasteiger partial charge in [0, 0.05) is 11.9 Å². The quantitative estimate of drug-likeness (QED) is 0.933. The molecule has 0 aliphatic heterocycles. The second kappa shape index (κ2) is 5.83. The van der Waals surface area contributed by atoms with E-state index in [1.54, 1.807) is 18.3 Å². The molecule has 0 bridgehead atoms. The second-order valence-corrected chi connectivity index (χ2v) is 4.55. The zero-order valence-corrected chi connectivity index (χ0v) is 11.2. The smallest absolute Gasteiger partial charge is 0.379 e. The summed E-state index contributed by atoms with van der Waals surface area (Å²) in [7, 11) is 0. The lowest BCUT2D eigenvalue weighted by molar-refractivity contribution is -0.137. The lowest BCUT2D eigenvalue weighted by Crippen LogP contribution is -2.11. The van der Waals surface area contributed by atoms with Crippen LogP contribution in [0.1, 0.15) is 22.4 Å². The largest absolute Gasteiger partial charge is 0.418 e. The van der Waals surface area contributed by atoms with Gasteiger partial charge in [-0.15, -0.1) is 0 Å². The third-order valence-corrected chi connectivity index (χ3v) is 2.89. The van der Waals surface area contributed by atoms with Gasteiger partial charge in [0.15, 0.2) is 0 Å². The molecule has 0 radical (unpaired) electrons. The first-order chi connectivity index (χ1) is 9.90. The summed E-state index contributed by atoms with van der Waals surface area (Å²) in [6, 6.07) is 8.74. The van der Waals surface area contributed by atoms with E-state index in [4.69, 9.17) is 5.26 Å². The van der Waals surface area contributed by atoms with E-state index in [9.17, 15) is 13.2 Å². The molecule has 6 heteroatoms. The van der Waals surface area contributed by atoms with Crippen LogP contribution in [0, 0.1) is 18.3 Å². The Kier molecular flexibility index (Phi) is 4.13. The van der Waals surface area contributed by atoms with Crippen LogP contribution >= 0.6 is 0 Å². The Balaban J connectivity index is 2.23. The molecule has 0 unspecified atom stereocenters. The van der Waals surface area contributed by atoms with E-state index in [0.29, 0.717) is 5.69 Å². The van der Waals surface area contributed by atoms with Crippen molar-refractivity contribution in [2.24, 2.45) is 0 Å². The molecule has 1 aromatic carbocycles. The highest BCUT2D eigenvalue weighted by atomic mass is 19.4. The minimum atomic E-state index is -4.52. The van der Waals surface area contributed by atoms with Crippen molar-refractivity contribution < 1.29 is 13.2 Å². The van der Waals surface area contributed by atoms with Crippen LogP contribution in [-0.4, -0.2) is 4.98 Å². The SMILES string of the molecule is Cc1ccc(CNc2ccc(C#N)cc2C(F)(F)F)nc1. The van der Waals surface area contributed by atoms with Crippen LogP contribution in [-0.2, 0) is 12.7 Å². The lowest BCUT2D eigenvalue weighted by Gasteiger charge is -2.14. The molecule has 0 amide bonds. The van der Waals surface area contributed by atoms with Gasteiger partial charge < -0.3 is 5.32 Å². The summed E-state index contributed by atoms with van der Waals surface area (Å²) in [5, 5.41) is 11.4. The minimum Gasteiger partial charge on any atom is -0.379 e. The monoisotopic (exact) mass is 291 g/mol. The summed E-state index contributed by atoms with van der Waals surface area (Å²) in [5.74, 6) is 0. The van der Waals surface area contributed by atoms with Gasteiger partial charge in [0.05, 0.1) is 29.4 Å². The van der Waals surface area contributed by atoms with Crippen molar-refractivity contribution in [2.75, 3.05) is 5.32 Å². The number of aryl methyl sites for hydroxylation is 1. The third-order valence-electron chi connectivity index (χ3n) is 2.89. The van der Waals surface area contributed by atoms with E-state index >= 15 is 0 Å². The van der Waals surface area contributed by atoms with Gasteiger partial charge in [-0.1, -0.05) is 6.07 Å². The van der Waals surface area contributed by atoms with Gasteiger partial charge in [-0.25, -0.2) is 0 Å². The van der Waals surface area contributed by atoms with Gasteiger partial charge in [-0.05, 0) is 36.8 Å². The first-order valence-electron chi connectivity index (χ1n) is 6.17. The molecule has 1 N–H and O–H groups in total. The van der Waals surface area contributed by atoms with Crippen molar-refractivity contribution >= 4 is 5.69 Å². The Labute approximate surface area is 120 Å². The number of hydrogen-bond donors (Lipinski definition) is 1. The topological polar surface area (TPSA) is 48.7 Å². The van der Waals surface area contributed by atoms with E-state index in [1.165, 1.54) is 12.1 Å². The summed E-state index contributed by atoms with van der Waals surface area (Å²) in [5.41, 5.74) is 0.671. The van der Waals surface area contributed by atoms with E-state index in [-0.39, 0.29) is 17.8 Å². The van der Waals surface area contributed by atoms with Gasteiger partial charge in [0.2, 0.25) is 0 Å². The van der Waals surface area contributed by atoms with Gasteiger partial charge in [0.1, 0.15) is 0 Å². The summed E-state index contributed by atoms with van der Waals surface area (Å²) >= 11 is 0. The molecule has 0 aliphatic carbocycles. The Bertz CT molecular complexity index is 670. The summed E-state index contributed by atoms with van der Waals surface area (Å²) in [6.07, 6.45) is -2.86. The van der Waals surface area contributed by atoms with Crippen molar-refractivity contribution in [1.29, 1.82) is 5.26 Å². The van der Waals surface area contributed by atoms with Crippen molar-refractivity contribution in [3.05, 3.63) is 58.9 Å². The van der Waals surface area contributed by atoms with E-state index in [2.05, 4.69) is 10.3 Å². The fourth-order valence-electron chi connectivity index (χ4n) is 1.79. The molecule has 1 aromatic heterocycles. The van der Waals surface area contributed by atoms with Crippen LogP contribution in [0.5, 0.6) is 0 Å². The molecule has 2 aromatic rings. The molecular weight excluding hydrogens is 279 g/mol. The van der Waals surface area contributed by atoms with E-state index in [0.717, 1.165) is 11.6 Å². The molecular formula is C15H12F3N3. The maximum atomic E-state index is 13.0. The highest BCUT2D eigenvalue weighted by Gasteiger charge is 2.33. The van der Waals surface area contributed by atoms with Crippen LogP contribution < -0.4 is 5.32 Å². The first-order valence-corrected chi connectivity index (χ1v) is 6.17. The molecule has 0 spiro atoms. The fraction of sp³-hybridized carbons (Fsp3) is 0.200. The van der Waals surface area contributed by atoms with Gasteiger partial charge in [-0.2, -0.15) is 18.4 Å². The standard InChI is InChI=1S/C15H12F3N3/c1-10-2-4-12(20-8-10)9-21-14-5-3-11(7-19)6-13(14)15(16,17)18/h2-6,8,21H,9H2,1H3. The number of nitriles is 1. The molecule has 2 rings (SSSR count). The number of nitrogens with one attached hydrogen (secondary N) is 1. The number of hydrogen-bond acceptors (Lipinski definition) is 3. The van der Waals surface area contributed by atoms with Crippen LogP contribution in [0.4, 0.5) is 18.9 Å². The maximum absolute atomic E-state index is 13.0. The molecule has 0 fully saturated rings. The molecule has 0 atom stereocenters. The summed E-state index contributed by atoms with van der Waals surface area (Å²) in [6.45, 7) is 2.06. The van der Waals surface area contributed by atoms with Crippen molar-refractivity contribution in [1.82, 2.24) is 4.98 Å². The van der Waals surface area contributed by atoms with Crippen LogP contribution in [0.3, 0.4) is 0 Å². The Hall–Kier alpha value is -2.55. The number of benzene rings is 1. The Morgan fingerprint density at radius 3 is 2.57 bits per heavy atom. The molecule has 1 heterocycles. The molecule has 108 valence electrons. The third kappa shape index (κ3) is 3.72. The highest BCUT2D eigenvalue weighted by Crippen LogP contribution is 2.35. The first kappa shape index (κ1) is 14.9. The molecule has 21 heavy (non-hydrogen) atoms. The van der Waals surface area contributed by atoms with Crippen LogP contribution in [0.15, 0.2) is 36.5 Å². The number of alkyl halides is 3. The zero-order valence-electron chi connectivity index (χ0n) is 11.2.